The Morgan fingerprint density at radius 2 is 2.09 bits per heavy atom. The average molecular weight is 309 g/mol. The van der Waals surface area contributed by atoms with Crippen LogP contribution in [0.2, 0.25) is 0 Å². The molecule has 2 N–H and O–H groups in total. The zero-order valence-electron chi connectivity index (χ0n) is 13.2. The number of fused-ring (bicyclic) bond motifs is 1. The average Bonchev–Trinajstić information content (AvgIpc) is 2.95. The number of hydrogen-bond donors (Lipinski definition) is 2. The maximum absolute atomic E-state index is 12.0. The number of anilines is 1. The van der Waals surface area contributed by atoms with Crippen LogP contribution in [-0.4, -0.2) is 11.2 Å². The van der Waals surface area contributed by atoms with Crippen molar-refractivity contribution in [3.05, 3.63) is 59.3 Å². The molecule has 0 saturated carbocycles. The van der Waals surface area contributed by atoms with Crippen LogP contribution in [-0.2, 0) is 13.0 Å². The Morgan fingerprint density at radius 1 is 1.22 bits per heavy atom. The summed E-state index contributed by atoms with van der Waals surface area (Å²) < 4.78 is 5.26. The molecule has 0 unspecified atom stereocenters. The number of aryl methyl sites for hydroxylation is 2. The zero-order valence-corrected chi connectivity index (χ0v) is 13.2. The lowest BCUT2D eigenvalue weighted by Gasteiger charge is -2.07. The molecule has 0 aliphatic heterocycles. The van der Waals surface area contributed by atoms with Gasteiger partial charge >= 0.3 is 6.03 Å². The van der Waals surface area contributed by atoms with Crippen molar-refractivity contribution in [2.45, 2.75) is 26.8 Å². The molecule has 3 aromatic rings. The third-order valence-corrected chi connectivity index (χ3v) is 3.71. The van der Waals surface area contributed by atoms with Gasteiger partial charge in [-0.05, 0) is 43.2 Å². The van der Waals surface area contributed by atoms with E-state index in [-0.39, 0.29) is 6.03 Å². The number of nitrogens with one attached hydrogen (secondary N) is 2. The molecule has 0 radical (unpaired) electrons. The monoisotopic (exact) mass is 309 g/mol. The standard InChI is InChI=1S/C18H19N3O2/c1-3-13-5-4-6-14(10-13)20-18(22)19-11-16-15-9-12(2)7-8-17(15)23-21-16/h4-10H,3,11H2,1-2H3,(H2,19,20,22). The highest BCUT2D eigenvalue weighted by Gasteiger charge is 2.10. The van der Waals surface area contributed by atoms with Gasteiger partial charge in [0.25, 0.3) is 0 Å². The van der Waals surface area contributed by atoms with Gasteiger partial charge < -0.3 is 15.2 Å². The van der Waals surface area contributed by atoms with Crippen molar-refractivity contribution in [3.8, 4) is 0 Å². The predicted octanol–water partition coefficient (Wildman–Crippen LogP) is 4.02. The second kappa shape index (κ2) is 6.52. The fourth-order valence-electron chi connectivity index (χ4n) is 2.44. The minimum absolute atomic E-state index is 0.262. The van der Waals surface area contributed by atoms with Gasteiger partial charge in [-0.15, -0.1) is 0 Å². The number of urea groups is 1. The zero-order chi connectivity index (χ0) is 16.2. The largest absolute Gasteiger partial charge is 0.356 e. The Labute approximate surface area is 134 Å². The molecule has 2 amide bonds. The van der Waals surface area contributed by atoms with Gasteiger partial charge in [0, 0.05) is 11.1 Å². The third-order valence-electron chi connectivity index (χ3n) is 3.71. The molecule has 23 heavy (non-hydrogen) atoms. The Hall–Kier alpha value is -2.82. The van der Waals surface area contributed by atoms with Gasteiger partial charge in [0.15, 0.2) is 5.58 Å². The fourth-order valence-corrected chi connectivity index (χ4v) is 2.44. The summed E-state index contributed by atoms with van der Waals surface area (Å²) in [5.41, 5.74) is 4.54. The number of aromatic nitrogens is 1. The minimum atomic E-state index is -0.262. The molecular weight excluding hydrogens is 290 g/mol. The van der Waals surface area contributed by atoms with Crippen LogP contribution in [0.1, 0.15) is 23.7 Å². The summed E-state index contributed by atoms with van der Waals surface area (Å²) in [5, 5.41) is 10.6. The number of carbonyl (C=O) groups is 1. The molecular formula is C18H19N3O2. The molecule has 0 fully saturated rings. The highest BCUT2D eigenvalue weighted by atomic mass is 16.5. The second-order valence-electron chi connectivity index (χ2n) is 5.49. The molecule has 1 aromatic heterocycles. The van der Waals surface area contributed by atoms with E-state index >= 15 is 0 Å². The van der Waals surface area contributed by atoms with E-state index in [1.54, 1.807) is 0 Å². The predicted molar refractivity (Wildman–Crippen MR) is 90.4 cm³/mol. The summed E-state index contributed by atoms with van der Waals surface area (Å²) >= 11 is 0. The van der Waals surface area contributed by atoms with E-state index in [1.807, 2.05) is 49.4 Å². The topological polar surface area (TPSA) is 67.2 Å². The van der Waals surface area contributed by atoms with Crippen LogP contribution >= 0.6 is 0 Å². The van der Waals surface area contributed by atoms with Gasteiger partial charge in [-0.3, -0.25) is 0 Å². The molecule has 0 aliphatic rings. The molecule has 118 valence electrons. The van der Waals surface area contributed by atoms with Gasteiger partial charge in [0.1, 0.15) is 5.69 Å². The van der Waals surface area contributed by atoms with E-state index in [4.69, 9.17) is 4.52 Å². The normalized spacial score (nSPS) is 10.7. The van der Waals surface area contributed by atoms with E-state index in [2.05, 4.69) is 22.7 Å². The quantitative estimate of drug-likeness (QED) is 0.765. The van der Waals surface area contributed by atoms with Crippen molar-refractivity contribution in [1.29, 1.82) is 0 Å². The molecule has 0 spiro atoms. The first-order valence-corrected chi connectivity index (χ1v) is 7.64. The molecule has 2 aromatic carbocycles. The molecule has 1 heterocycles. The van der Waals surface area contributed by atoms with Crippen LogP contribution in [0, 0.1) is 6.92 Å². The Morgan fingerprint density at radius 3 is 2.91 bits per heavy atom. The van der Waals surface area contributed by atoms with Crippen LogP contribution in [0.5, 0.6) is 0 Å². The SMILES string of the molecule is CCc1cccc(NC(=O)NCc2noc3ccc(C)cc23)c1. The molecule has 0 aliphatic carbocycles. The highest BCUT2D eigenvalue weighted by molar-refractivity contribution is 5.89. The van der Waals surface area contributed by atoms with Crippen LogP contribution in [0.3, 0.4) is 0 Å². The molecule has 0 atom stereocenters. The van der Waals surface area contributed by atoms with E-state index < -0.39 is 0 Å². The van der Waals surface area contributed by atoms with Crippen molar-refractivity contribution < 1.29 is 9.32 Å². The number of hydrogen-bond acceptors (Lipinski definition) is 3. The molecule has 0 saturated heterocycles. The number of benzene rings is 2. The van der Waals surface area contributed by atoms with Crippen molar-refractivity contribution >= 4 is 22.7 Å². The van der Waals surface area contributed by atoms with E-state index in [9.17, 15) is 4.79 Å². The minimum Gasteiger partial charge on any atom is -0.356 e. The Bertz CT molecular complexity index is 839. The maximum Gasteiger partial charge on any atom is 0.319 e. The fraction of sp³-hybridized carbons (Fsp3) is 0.222. The Kier molecular flexibility index (Phi) is 4.28. The Balaban J connectivity index is 1.65. The van der Waals surface area contributed by atoms with Gasteiger partial charge in [-0.1, -0.05) is 35.8 Å². The van der Waals surface area contributed by atoms with Crippen molar-refractivity contribution in [3.63, 3.8) is 0 Å². The molecule has 3 rings (SSSR count). The first-order chi connectivity index (χ1) is 11.2. The lowest BCUT2D eigenvalue weighted by molar-refractivity contribution is 0.251. The third kappa shape index (κ3) is 3.51. The van der Waals surface area contributed by atoms with E-state index in [1.165, 1.54) is 5.56 Å². The summed E-state index contributed by atoms with van der Waals surface area (Å²) in [5.74, 6) is 0. The molecule has 0 bridgehead atoms. The number of carbonyl (C=O) groups excluding carboxylic acids is 1. The molecule has 5 heteroatoms. The van der Waals surface area contributed by atoms with Crippen molar-refractivity contribution in [2.24, 2.45) is 0 Å². The lowest BCUT2D eigenvalue weighted by atomic mass is 10.1. The van der Waals surface area contributed by atoms with Crippen molar-refractivity contribution in [2.75, 3.05) is 5.32 Å². The summed E-state index contributed by atoms with van der Waals surface area (Å²) in [6, 6.07) is 13.4. The summed E-state index contributed by atoms with van der Waals surface area (Å²) in [4.78, 5) is 12.0. The maximum atomic E-state index is 12.0. The molecule has 5 nitrogen and oxygen atoms in total. The summed E-state index contributed by atoms with van der Waals surface area (Å²) in [7, 11) is 0. The number of nitrogens with zero attached hydrogens (tertiary/aromatic N) is 1. The number of rotatable bonds is 4. The van der Waals surface area contributed by atoms with Crippen LogP contribution < -0.4 is 10.6 Å². The van der Waals surface area contributed by atoms with Crippen molar-refractivity contribution in [1.82, 2.24) is 10.5 Å². The van der Waals surface area contributed by atoms with E-state index in [0.29, 0.717) is 6.54 Å². The van der Waals surface area contributed by atoms with Gasteiger partial charge in [-0.25, -0.2) is 4.79 Å². The van der Waals surface area contributed by atoms with Crippen LogP contribution in [0.4, 0.5) is 10.5 Å². The first kappa shape index (κ1) is 15.1. The smallest absolute Gasteiger partial charge is 0.319 e. The summed E-state index contributed by atoms with van der Waals surface area (Å²) in [6.07, 6.45) is 0.932. The van der Waals surface area contributed by atoms with Crippen LogP contribution in [0.25, 0.3) is 11.0 Å². The van der Waals surface area contributed by atoms with Gasteiger partial charge in [0.05, 0.1) is 6.54 Å². The van der Waals surface area contributed by atoms with Gasteiger partial charge in [-0.2, -0.15) is 0 Å². The second-order valence-corrected chi connectivity index (χ2v) is 5.49. The summed E-state index contributed by atoms with van der Waals surface area (Å²) in [6.45, 7) is 4.41. The number of amides is 2. The lowest BCUT2D eigenvalue weighted by Crippen LogP contribution is -2.28. The van der Waals surface area contributed by atoms with Crippen LogP contribution in [0.15, 0.2) is 47.0 Å². The van der Waals surface area contributed by atoms with E-state index in [0.717, 1.165) is 34.3 Å². The highest BCUT2D eigenvalue weighted by Crippen LogP contribution is 2.19. The first-order valence-electron chi connectivity index (χ1n) is 7.64. The van der Waals surface area contributed by atoms with Gasteiger partial charge in [0.2, 0.25) is 0 Å².